The first-order valence-corrected chi connectivity index (χ1v) is 7.10. The second-order valence-corrected chi connectivity index (χ2v) is 5.61. The maximum Gasteiger partial charge on any atom is 0.222 e. The molecule has 2 N–H and O–H groups in total. The summed E-state index contributed by atoms with van der Waals surface area (Å²) in [5.74, 6) is 0.339. The van der Waals surface area contributed by atoms with E-state index < -0.39 is 0 Å². The monoisotopic (exact) mass is 302 g/mol. The minimum Gasteiger partial charge on any atom is -0.341 e. The van der Waals surface area contributed by atoms with E-state index in [1.54, 1.807) is 18.0 Å². The molecule has 0 spiro atoms. The zero-order valence-corrected chi connectivity index (χ0v) is 12.8. The van der Waals surface area contributed by atoms with E-state index in [-0.39, 0.29) is 11.8 Å². The molecule has 0 saturated heterocycles. The van der Waals surface area contributed by atoms with E-state index in [2.05, 4.69) is 0 Å². The van der Waals surface area contributed by atoms with Gasteiger partial charge in [0.2, 0.25) is 5.91 Å². The Hall–Kier alpha value is -0.770. The minimum absolute atomic E-state index is 0.0911. The summed E-state index contributed by atoms with van der Waals surface area (Å²) >= 11 is 11.9. The molecule has 1 rings (SSSR count). The normalized spacial score (nSPS) is 12.3. The molecule has 0 aliphatic carbocycles. The zero-order valence-electron chi connectivity index (χ0n) is 11.3. The Kier molecular flexibility index (Phi) is 6.63. The van der Waals surface area contributed by atoms with Gasteiger partial charge in [-0.2, -0.15) is 0 Å². The number of halogens is 2. The Labute approximate surface area is 124 Å². The van der Waals surface area contributed by atoms with Crippen LogP contribution in [-0.2, 0) is 11.3 Å². The van der Waals surface area contributed by atoms with Gasteiger partial charge in [-0.25, -0.2) is 0 Å². The lowest BCUT2D eigenvalue weighted by Crippen LogP contribution is -2.29. The molecular weight excluding hydrogens is 283 g/mol. The van der Waals surface area contributed by atoms with Crippen LogP contribution in [0.3, 0.4) is 0 Å². The molecule has 1 aromatic rings. The standard InChI is InChI=1S/C14H20Cl2N2O/c1-3-10(8-17)6-14(19)18(2)9-11-4-12(15)7-13(16)5-11/h4-5,7,10H,3,6,8-9,17H2,1-2H3. The third kappa shape index (κ3) is 5.39. The van der Waals surface area contributed by atoms with Crippen molar-refractivity contribution < 1.29 is 4.79 Å². The molecule has 3 nitrogen and oxygen atoms in total. The second-order valence-electron chi connectivity index (χ2n) is 4.74. The van der Waals surface area contributed by atoms with Crippen LogP contribution in [0.1, 0.15) is 25.3 Å². The fourth-order valence-corrected chi connectivity index (χ4v) is 2.43. The predicted molar refractivity (Wildman–Crippen MR) is 80.4 cm³/mol. The molecule has 106 valence electrons. The molecule has 19 heavy (non-hydrogen) atoms. The molecule has 1 amide bonds. The highest BCUT2D eigenvalue weighted by Crippen LogP contribution is 2.20. The lowest BCUT2D eigenvalue weighted by molar-refractivity contribution is -0.131. The fraction of sp³-hybridized carbons (Fsp3) is 0.500. The highest BCUT2D eigenvalue weighted by molar-refractivity contribution is 6.34. The van der Waals surface area contributed by atoms with Gasteiger partial charge < -0.3 is 10.6 Å². The lowest BCUT2D eigenvalue weighted by atomic mass is 10.0. The Morgan fingerprint density at radius 3 is 2.37 bits per heavy atom. The van der Waals surface area contributed by atoms with Gasteiger partial charge in [-0.1, -0.05) is 36.5 Å². The maximum absolute atomic E-state index is 12.0. The van der Waals surface area contributed by atoms with Crippen molar-refractivity contribution in [1.82, 2.24) is 4.90 Å². The summed E-state index contributed by atoms with van der Waals surface area (Å²) in [7, 11) is 1.78. The maximum atomic E-state index is 12.0. The van der Waals surface area contributed by atoms with Crippen LogP contribution in [0, 0.1) is 5.92 Å². The van der Waals surface area contributed by atoms with Gasteiger partial charge in [0, 0.05) is 30.1 Å². The van der Waals surface area contributed by atoms with Gasteiger partial charge in [-0.15, -0.1) is 0 Å². The molecular formula is C14H20Cl2N2O. The van der Waals surface area contributed by atoms with Crippen molar-refractivity contribution in [2.75, 3.05) is 13.6 Å². The highest BCUT2D eigenvalue weighted by atomic mass is 35.5. The topological polar surface area (TPSA) is 46.3 Å². The van der Waals surface area contributed by atoms with Gasteiger partial charge in [0.1, 0.15) is 0 Å². The molecule has 5 heteroatoms. The van der Waals surface area contributed by atoms with Crippen LogP contribution in [0.15, 0.2) is 18.2 Å². The first-order chi connectivity index (χ1) is 8.96. The summed E-state index contributed by atoms with van der Waals surface area (Å²) in [6, 6.07) is 5.31. The number of nitrogens with zero attached hydrogens (tertiary/aromatic N) is 1. The van der Waals surface area contributed by atoms with E-state index in [0.717, 1.165) is 12.0 Å². The number of rotatable bonds is 6. The molecule has 0 fully saturated rings. The molecule has 0 saturated carbocycles. The smallest absolute Gasteiger partial charge is 0.222 e. The molecule has 0 radical (unpaired) electrons. The molecule has 0 heterocycles. The molecule has 0 aliphatic rings. The van der Waals surface area contributed by atoms with Gasteiger partial charge in [0.25, 0.3) is 0 Å². The Balaban J connectivity index is 2.63. The number of hydrogen-bond acceptors (Lipinski definition) is 2. The molecule has 1 unspecified atom stereocenters. The average molecular weight is 303 g/mol. The third-order valence-electron chi connectivity index (χ3n) is 3.14. The number of amides is 1. The summed E-state index contributed by atoms with van der Waals surface area (Å²) in [4.78, 5) is 13.7. The Morgan fingerprint density at radius 1 is 1.32 bits per heavy atom. The molecule has 1 atom stereocenters. The lowest BCUT2D eigenvalue weighted by Gasteiger charge is -2.20. The molecule has 0 aliphatic heterocycles. The van der Waals surface area contributed by atoms with Gasteiger partial charge in [0.05, 0.1) is 0 Å². The largest absolute Gasteiger partial charge is 0.341 e. The van der Waals surface area contributed by atoms with Crippen molar-refractivity contribution >= 4 is 29.1 Å². The number of carbonyl (C=O) groups is 1. The van der Waals surface area contributed by atoms with E-state index in [4.69, 9.17) is 28.9 Å². The van der Waals surface area contributed by atoms with Crippen LogP contribution >= 0.6 is 23.2 Å². The third-order valence-corrected chi connectivity index (χ3v) is 3.58. The molecule has 1 aromatic carbocycles. The minimum atomic E-state index is 0.0911. The first-order valence-electron chi connectivity index (χ1n) is 6.35. The summed E-state index contributed by atoms with van der Waals surface area (Å²) in [6.07, 6.45) is 1.40. The summed E-state index contributed by atoms with van der Waals surface area (Å²) in [5.41, 5.74) is 6.54. The fourth-order valence-electron chi connectivity index (χ4n) is 1.86. The Morgan fingerprint density at radius 2 is 1.89 bits per heavy atom. The molecule has 0 bridgehead atoms. The molecule has 0 aromatic heterocycles. The predicted octanol–water partition coefficient (Wildman–Crippen LogP) is 3.33. The SMILES string of the molecule is CCC(CN)CC(=O)N(C)Cc1cc(Cl)cc(Cl)c1. The van der Waals surface area contributed by atoms with Crippen LogP contribution in [-0.4, -0.2) is 24.4 Å². The van der Waals surface area contributed by atoms with Crippen LogP contribution in [0.2, 0.25) is 10.0 Å². The second kappa shape index (κ2) is 7.73. The summed E-state index contributed by atoms with van der Waals surface area (Å²) in [6.45, 7) is 3.08. The van der Waals surface area contributed by atoms with Gasteiger partial charge in [-0.3, -0.25) is 4.79 Å². The number of benzene rings is 1. The van der Waals surface area contributed by atoms with Crippen LogP contribution < -0.4 is 5.73 Å². The van der Waals surface area contributed by atoms with E-state index in [9.17, 15) is 4.79 Å². The first kappa shape index (κ1) is 16.3. The van der Waals surface area contributed by atoms with Crippen LogP contribution in [0.25, 0.3) is 0 Å². The number of nitrogens with two attached hydrogens (primary N) is 1. The van der Waals surface area contributed by atoms with Crippen molar-refractivity contribution in [1.29, 1.82) is 0 Å². The summed E-state index contributed by atoms with van der Waals surface area (Å²) < 4.78 is 0. The van der Waals surface area contributed by atoms with Crippen molar-refractivity contribution in [3.8, 4) is 0 Å². The quantitative estimate of drug-likeness (QED) is 0.876. The van der Waals surface area contributed by atoms with Crippen molar-refractivity contribution in [2.24, 2.45) is 11.7 Å². The van der Waals surface area contributed by atoms with Crippen molar-refractivity contribution in [3.05, 3.63) is 33.8 Å². The van der Waals surface area contributed by atoms with Gasteiger partial charge >= 0.3 is 0 Å². The van der Waals surface area contributed by atoms with Crippen molar-refractivity contribution in [2.45, 2.75) is 26.3 Å². The number of hydrogen-bond donors (Lipinski definition) is 1. The highest BCUT2D eigenvalue weighted by Gasteiger charge is 2.15. The number of carbonyl (C=O) groups excluding carboxylic acids is 1. The Bertz CT molecular complexity index is 413. The van der Waals surface area contributed by atoms with E-state index in [1.807, 2.05) is 19.1 Å². The zero-order chi connectivity index (χ0) is 14.4. The van der Waals surface area contributed by atoms with Crippen LogP contribution in [0.4, 0.5) is 0 Å². The van der Waals surface area contributed by atoms with E-state index >= 15 is 0 Å². The van der Waals surface area contributed by atoms with Crippen LogP contribution in [0.5, 0.6) is 0 Å². The van der Waals surface area contributed by atoms with Gasteiger partial charge in [-0.05, 0) is 36.2 Å². The van der Waals surface area contributed by atoms with Crippen molar-refractivity contribution in [3.63, 3.8) is 0 Å². The summed E-state index contributed by atoms with van der Waals surface area (Å²) in [5, 5.41) is 1.16. The van der Waals surface area contributed by atoms with Gasteiger partial charge in [0.15, 0.2) is 0 Å². The average Bonchev–Trinajstić information content (AvgIpc) is 2.34. The van der Waals surface area contributed by atoms with E-state index in [1.165, 1.54) is 0 Å². The van der Waals surface area contributed by atoms with E-state index in [0.29, 0.717) is 29.6 Å².